The molecule has 0 spiro atoms. The van der Waals surface area contributed by atoms with Gasteiger partial charge in [0, 0.05) is 6.42 Å². The first-order chi connectivity index (χ1) is 8.90. The highest BCUT2D eigenvalue weighted by Crippen LogP contribution is 2.08. The molecule has 0 aliphatic heterocycles. The second kappa shape index (κ2) is 9.35. The van der Waals surface area contributed by atoms with Crippen LogP contribution in [0.25, 0.3) is 0 Å². The summed E-state index contributed by atoms with van der Waals surface area (Å²) in [4.78, 5) is 34.5. The molecule has 0 aromatic carbocycles. The van der Waals surface area contributed by atoms with Crippen LogP contribution in [-0.2, 0) is 28.6 Å². The summed E-state index contributed by atoms with van der Waals surface area (Å²) in [6, 6.07) is 0. The Hall–Kier alpha value is -1.59. The fourth-order valence-corrected chi connectivity index (χ4v) is 1.32. The van der Waals surface area contributed by atoms with E-state index in [1.54, 1.807) is 13.8 Å². The number of rotatable bonds is 8. The summed E-state index contributed by atoms with van der Waals surface area (Å²) < 4.78 is 14.5. The van der Waals surface area contributed by atoms with Gasteiger partial charge in [-0.15, -0.1) is 0 Å². The van der Waals surface area contributed by atoms with Crippen LogP contribution in [0.15, 0.2) is 0 Å². The fourth-order valence-electron chi connectivity index (χ4n) is 1.32. The van der Waals surface area contributed by atoms with Crippen LogP contribution in [0.1, 0.15) is 40.5 Å². The highest BCUT2D eigenvalue weighted by atomic mass is 16.6. The highest BCUT2D eigenvalue weighted by Gasteiger charge is 2.28. The van der Waals surface area contributed by atoms with E-state index < -0.39 is 24.0 Å². The lowest BCUT2D eigenvalue weighted by Crippen LogP contribution is -2.32. The van der Waals surface area contributed by atoms with Crippen molar-refractivity contribution < 1.29 is 28.6 Å². The zero-order chi connectivity index (χ0) is 14.8. The van der Waals surface area contributed by atoms with Crippen LogP contribution in [0, 0.1) is 5.92 Å². The molecule has 0 fully saturated rings. The van der Waals surface area contributed by atoms with E-state index in [0.717, 1.165) is 0 Å². The fraction of sp³-hybridized carbons (Fsp3) is 0.769. The molecule has 110 valence electrons. The van der Waals surface area contributed by atoms with E-state index in [1.165, 1.54) is 0 Å². The van der Waals surface area contributed by atoms with Crippen molar-refractivity contribution in [3.8, 4) is 0 Å². The van der Waals surface area contributed by atoms with Gasteiger partial charge in [0.15, 0.2) is 0 Å². The Morgan fingerprint density at radius 2 is 1.47 bits per heavy atom. The third-order valence-electron chi connectivity index (χ3n) is 2.06. The van der Waals surface area contributed by atoms with Gasteiger partial charge in [-0.1, -0.05) is 13.8 Å². The van der Waals surface area contributed by atoms with Crippen molar-refractivity contribution in [2.45, 2.75) is 46.6 Å². The molecule has 0 N–H and O–H groups in total. The van der Waals surface area contributed by atoms with Crippen molar-refractivity contribution in [3.05, 3.63) is 0 Å². The van der Waals surface area contributed by atoms with E-state index in [2.05, 4.69) is 0 Å². The first-order valence-corrected chi connectivity index (χ1v) is 6.42. The SMILES string of the molecule is CCOC(=O)C[C@@H](OC(=O)CC(C)C)C(=O)OCC. The van der Waals surface area contributed by atoms with Crippen LogP contribution in [0.5, 0.6) is 0 Å². The van der Waals surface area contributed by atoms with E-state index in [0.29, 0.717) is 0 Å². The Bertz CT molecular complexity index is 310. The minimum atomic E-state index is -1.23. The average Bonchev–Trinajstić information content (AvgIpc) is 2.27. The van der Waals surface area contributed by atoms with E-state index in [9.17, 15) is 14.4 Å². The molecule has 0 aliphatic rings. The first kappa shape index (κ1) is 17.4. The quantitative estimate of drug-likeness (QED) is 0.492. The number of carbonyl (C=O) groups excluding carboxylic acids is 3. The molecule has 0 heterocycles. The molecule has 6 nitrogen and oxygen atoms in total. The summed E-state index contributed by atoms with van der Waals surface area (Å²) in [5, 5.41) is 0. The summed E-state index contributed by atoms with van der Waals surface area (Å²) in [6.45, 7) is 7.35. The van der Waals surface area contributed by atoms with Crippen LogP contribution >= 0.6 is 0 Å². The largest absolute Gasteiger partial charge is 0.466 e. The molecule has 1 atom stereocenters. The maximum absolute atomic E-state index is 11.6. The normalized spacial score (nSPS) is 11.8. The maximum atomic E-state index is 11.6. The van der Waals surface area contributed by atoms with Crippen LogP contribution in [-0.4, -0.2) is 37.2 Å². The van der Waals surface area contributed by atoms with Crippen LogP contribution < -0.4 is 0 Å². The Morgan fingerprint density at radius 1 is 0.895 bits per heavy atom. The molecule has 0 aliphatic carbocycles. The Morgan fingerprint density at radius 3 is 1.95 bits per heavy atom. The maximum Gasteiger partial charge on any atom is 0.348 e. The van der Waals surface area contributed by atoms with Gasteiger partial charge < -0.3 is 14.2 Å². The molecule has 19 heavy (non-hydrogen) atoms. The van der Waals surface area contributed by atoms with Gasteiger partial charge in [-0.3, -0.25) is 9.59 Å². The van der Waals surface area contributed by atoms with Gasteiger partial charge in [0.1, 0.15) is 0 Å². The van der Waals surface area contributed by atoms with Gasteiger partial charge in [0.25, 0.3) is 0 Å². The Kier molecular flexibility index (Phi) is 8.57. The second-order valence-electron chi connectivity index (χ2n) is 4.34. The minimum absolute atomic E-state index is 0.109. The predicted molar refractivity (Wildman–Crippen MR) is 67.2 cm³/mol. The average molecular weight is 274 g/mol. The molecule has 0 saturated carbocycles. The monoisotopic (exact) mass is 274 g/mol. The summed E-state index contributed by atoms with van der Waals surface area (Å²) in [7, 11) is 0. The zero-order valence-corrected chi connectivity index (χ0v) is 11.9. The van der Waals surface area contributed by atoms with Crippen molar-refractivity contribution in [1.29, 1.82) is 0 Å². The third kappa shape index (κ3) is 8.18. The standard InChI is InChI=1S/C13H22O6/c1-5-17-11(14)8-10(13(16)18-6-2)19-12(15)7-9(3)4/h9-10H,5-8H2,1-4H3/t10-/m1/s1. The lowest BCUT2D eigenvalue weighted by molar-refractivity contribution is -0.172. The molecule has 0 aromatic heterocycles. The Labute approximate surface area is 113 Å². The van der Waals surface area contributed by atoms with Gasteiger partial charge in [-0.05, 0) is 19.8 Å². The van der Waals surface area contributed by atoms with E-state index in [1.807, 2.05) is 13.8 Å². The second-order valence-corrected chi connectivity index (χ2v) is 4.34. The number of ether oxygens (including phenoxy) is 3. The topological polar surface area (TPSA) is 78.9 Å². The van der Waals surface area contributed by atoms with Crippen molar-refractivity contribution in [1.82, 2.24) is 0 Å². The van der Waals surface area contributed by atoms with Crippen LogP contribution in [0.2, 0.25) is 0 Å². The molecule has 6 heteroatoms. The molecule has 0 bridgehead atoms. The molecule has 0 radical (unpaired) electrons. The zero-order valence-electron chi connectivity index (χ0n) is 11.9. The van der Waals surface area contributed by atoms with Gasteiger partial charge in [-0.2, -0.15) is 0 Å². The number of hydrogen-bond donors (Lipinski definition) is 0. The summed E-state index contributed by atoms with van der Waals surface area (Å²) >= 11 is 0. The third-order valence-corrected chi connectivity index (χ3v) is 2.06. The van der Waals surface area contributed by atoms with E-state index >= 15 is 0 Å². The lowest BCUT2D eigenvalue weighted by atomic mass is 10.1. The summed E-state index contributed by atoms with van der Waals surface area (Å²) in [5.74, 6) is -1.75. The van der Waals surface area contributed by atoms with Crippen molar-refractivity contribution >= 4 is 17.9 Å². The molecule has 0 aromatic rings. The molecular weight excluding hydrogens is 252 g/mol. The predicted octanol–water partition coefficient (Wildman–Crippen LogP) is 1.46. The number of carbonyl (C=O) groups is 3. The molecular formula is C13H22O6. The van der Waals surface area contributed by atoms with Gasteiger partial charge in [-0.25, -0.2) is 4.79 Å². The van der Waals surface area contributed by atoms with Gasteiger partial charge in [0.2, 0.25) is 6.10 Å². The van der Waals surface area contributed by atoms with E-state index in [4.69, 9.17) is 14.2 Å². The van der Waals surface area contributed by atoms with E-state index in [-0.39, 0.29) is 32.0 Å². The van der Waals surface area contributed by atoms with Crippen molar-refractivity contribution in [3.63, 3.8) is 0 Å². The van der Waals surface area contributed by atoms with Crippen LogP contribution in [0.4, 0.5) is 0 Å². The Balaban J connectivity index is 4.53. The van der Waals surface area contributed by atoms with Gasteiger partial charge in [0.05, 0.1) is 19.6 Å². The minimum Gasteiger partial charge on any atom is -0.466 e. The smallest absolute Gasteiger partial charge is 0.348 e. The lowest BCUT2D eigenvalue weighted by Gasteiger charge is -2.16. The summed E-state index contributed by atoms with van der Waals surface area (Å²) in [5.41, 5.74) is 0. The first-order valence-electron chi connectivity index (χ1n) is 6.42. The molecule has 0 amide bonds. The molecule has 0 saturated heterocycles. The number of esters is 3. The number of hydrogen-bond acceptors (Lipinski definition) is 6. The van der Waals surface area contributed by atoms with Crippen molar-refractivity contribution in [2.24, 2.45) is 5.92 Å². The summed E-state index contributed by atoms with van der Waals surface area (Å²) in [6.07, 6.45) is -1.37. The van der Waals surface area contributed by atoms with Gasteiger partial charge >= 0.3 is 17.9 Å². The molecule has 0 unspecified atom stereocenters. The molecule has 0 rings (SSSR count). The highest BCUT2D eigenvalue weighted by molar-refractivity contribution is 5.84. The van der Waals surface area contributed by atoms with Crippen molar-refractivity contribution in [2.75, 3.05) is 13.2 Å². The van der Waals surface area contributed by atoms with Crippen LogP contribution in [0.3, 0.4) is 0 Å².